The topological polar surface area (TPSA) is 105 Å². The predicted octanol–water partition coefficient (Wildman–Crippen LogP) is 19.4. The van der Waals surface area contributed by atoms with E-state index in [1.807, 2.05) is 98.8 Å². The summed E-state index contributed by atoms with van der Waals surface area (Å²) in [5.74, 6) is 3.90. The highest BCUT2D eigenvalue weighted by atomic mass is 79.9. The molecule has 10 heteroatoms. The molecule has 420 valence electrons. The minimum Gasteiger partial charge on any atom is -0.496 e. The summed E-state index contributed by atoms with van der Waals surface area (Å²) in [6, 6.07) is 69.8. The highest BCUT2D eigenvalue weighted by Gasteiger charge is 2.24. The Morgan fingerprint density at radius 2 is 0.631 bits per heavy atom. The maximum Gasteiger partial charge on any atom is 0.193 e. The van der Waals surface area contributed by atoms with Crippen molar-refractivity contribution in [3.05, 3.63) is 312 Å². The molecule has 0 aliphatic heterocycles. The van der Waals surface area contributed by atoms with Gasteiger partial charge in [-0.3, -0.25) is 19.2 Å². The molecule has 0 aliphatic carbocycles. The van der Waals surface area contributed by atoms with Crippen LogP contribution in [0.4, 0.5) is 0 Å². The smallest absolute Gasteiger partial charge is 0.193 e. The number of ether oxygens (including phenoxy) is 4. The monoisotopic (exact) mass is 1240 g/mol. The lowest BCUT2D eigenvalue weighted by atomic mass is 9.78. The van der Waals surface area contributed by atoms with Gasteiger partial charge in [-0.15, -0.1) is 0 Å². The zero-order valence-corrected chi connectivity index (χ0v) is 51.1. The Kier molecular flexibility index (Phi) is 18.5. The third-order valence-electron chi connectivity index (χ3n) is 14.4. The number of hydrogen-bond acceptors (Lipinski definition) is 8. The summed E-state index contributed by atoms with van der Waals surface area (Å²) >= 11 is 7.01. The van der Waals surface area contributed by atoms with E-state index in [-0.39, 0.29) is 34.0 Å². The Labute approximate surface area is 508 Å². The molecule has 10 aromatic rings. The number of carbonyl (C=O) groups is 4. The van der Waals surface area contributed by atoms with Crippen LogP contribution in [0.3, 0.4) is 0 Å². The van der Waals surface area contributed by atoms with Gasteiger partial charge in [0.2, 0.25) is 0 Å². The largest absolute Gasteiger partial charge is 0.496 e. The van der Waals surface area contributed by atoms with Gasteiger partial charge in [-0.2, -0.15) is 0 Å². The summed E-state index contributed by atoms with van der Waals surface area (Å²) in [5, 5.41) is 0. The molecule has 84 heavy (non-hydrogen) atoms. The van der Waals surface area contributed by atoms with Crippen molar-refractivity contribution in [2.24, 2.45) is 0 Å². The molecule has 0 fully saturated rings. The van der Waals surface area contributed by atoms with Gasteiger partial charge in [0.1, 0.15) is 40.2 Å². The third-order valence-corrected chi connectivity index (χ3v) is 15.6. The molecular weight excluding hydrogens is 1180 g/mol. The van der Waals surface area contributed by atoms with Gasteiger partial charge in [0.25, 0.3) is 0 Å². The summed E-state index contributed by atoms with van der Waals surface area (Å²) in [6.45, 7) is 14.8. The SMILES string of the molecule is COc1ccc(C)cc1Br.Cc1ccc(C(=O)c2cccc(C(=O)c3ccc(Oc4ccc(C(C)(C)c5ccc(Oc6ccc(C(=O)c7cccc(C(=O)c8ccc(Oc9ccc(C(C)(C)C)cc9Br)cc8)c7)cc6)cc5)cc4)cc3)c2)cc1. The van der Waals surface area contributed by atoms with E-state index < -0.39 is 0 Å². The first kappa shape index (κ1) is 59.7. The van der Waals surface area contributed by atoms with Crippen molar-refractivity contribution in [2.45, 2.75) is 59.3 Å². The summed E-state index contributed by atoms with van der Waals surface area (Å²) in [4.78, 5) is 53.7. The van der Waals surface area contributed by atoms with E-state index in [1.54, 1.807) is 141 Å². The van der Waals surface area contributed by atoms with Crippen LogP contribution in [0, 0.1) is 13.8 Å². The highest BCUT2D eigenvalue weighted by Crippen LogP contribution is 2.37. The Hall–Kier alpha value is -8.96. The Morgan fingerprint density at radius 1 is 0.321 bits per heavy atom. The molecular formula is C74H62Br2O8. The lowest BCUT2D eigenvalue weighted by Gasteiger charge is -2.26. The van der Waals surface area contributed by atoms with Crippen molar-refractivity contribution >= 4 is 55.0 Å². The predicted molar refractivity (Wildman–Crippen MR) is 341 cm³/mol. The summed E-state index contributed by atoms with van der Waals surface area (Å²) in [7, 11) is 1.66. The van der Waals surface area contributed by atoms with E-state index in [0.29, 0.717) is 79.0 Å². The van der Waals surface area contributed by atoms with Gasteiger partial charge in [0.15, 0.2) is 23.1 Å². The maximum absolute atomic E-state index is 13.6. The Morgan fingerprint density at radius 3 is 0.976 bits per heavy atom. The standard InChI is InChI=1S/C66H53BrO7.C8H9BrO/c1-42-13-15-43(16-14-42)61(68)47-9-7-10-48(39-47)62(69)44-17-28-54(29-18-44)72-56-34-23-51(24-35-56)66(5,6)52-25-36-57(37-26-52)73-55-30-19-45(20-31-55)63(70)49-11-8-12-50(40-49)64(71)46-21-32-58(33-22-46)74-60-38-27-53(41-59(60)67)65(2,3)4;1-6-3-4-8(10-2)7(9)5-6/h7-41H,1-6H3;3-5H,1-2H3. The van der Waals surface area contributed by atoms with Gasteiger partial charge in [0, 0.05) is 49.9 Å². The van der Waals surface area contributed by atoms with Gasteiger partial charge in [-0.1, -0.05) is 137 Å². The van der Waals surface area contributed by atoms with Crippen LogP contribution >= 0.6 is 31.9 Å². The van der Waals surface area contributed by atoms with Crippen molar-refractivity contribution in [1.29, 1.82) is 0 Å². The van der Waals surface area contributed by atoms with E-state index in [9.17, 15) is 19.2 Å². The number of hydrogen-bond donors (Lipinski definition) is 0. The summed E-state index contributed by atoms with van der Waals surface area (Å²) in [6.07, 6.45) is 0. The number of carbonyl (C=O) groups excluding carboxylic acids is 4. The first-order valence-electron chi connectivity index (χ1n) is 27.3. The van der Waals surface area contributed by atoms with E-state index >= 15 is 0 Å². The lowest BCUT2D eigenvalue weighted by Crippen LogP contribution is -2.18. The third kappa shape index (κ3) is 14.6. The average Bonchev–Trinajstić information content (AvgIpc) is 3.69. The van der Waals surface area contributed by atoms with Crippen LogP contribution < -0.4 is 18.9 Å². The van der Waals surface area contributed by atoms with E-state index in [0.717, 1.165) is 31.4 Å². The van der Waals surface area contributed by atoms with Crippen LogP contribution in [-0.4, -0.2) is 30.2 Å². The van der Waals surface area contributed by atoms with Crippen molar-refractivity contribution in [3.63, 3.8) is 0 Å². The molecule has 8 nitrogen and oxygen atoms in total. The second kappa shape index (κ2) is 26.1. The molecule has 0 saturated carbocycles. The number of benzene rings is 10. The summed E-state index contributed by atoms with van der Waals surface area (Å²) in [5.41, 5.74) is 9.05. The van der Waals surface area contributed by atoms with Gasteiger partial charge in [0.05, 0.1) is 16.1 Å². The van der Waals surface area contributed by atoms with Crippen LogP contribution in [0.2, 0.25) is 0 Å². The quantitative estimate of drug-likeness (QED) is 0.0830. The normalized spacial score (nSPS) is 11.2. The Bertz CT molecular complexity index is 3990. The molecule has 0 aliphatic rings. The fourth-order valence-electron chi connectivity index (χ4n) is 9.26. The van der Waals surface area contributed by atoms with Crippen LogP contribution in [-0.2, 0) is 10.8 Å². The van der Waals surface area contributed by atoms with Crippen molar-refractivity contribution in [3.8, 4) is 40.2 Å². The molecule has 10 rings (SSSR count). The first-order valence-corrected chi connectivity index (χ1v) is 28.9. The van der Waals surface area contributed by atoms with Gasteiger partial charge in [-0.25, -0.2) is 0 Å². The van der Waals surface area contributed by atoms with Crippen molar-refractivity contribution in [2.75, 3.05) is 7.11 Å². The molecule has 10 aromatic carbocycles. The maximum atomic E-state index is 13.6. The summed E-state index contributed by atoms with van der Waals surface area (Å²) < 4.78 is 25.4. The number of aryl methyl sites for hydroxylation is 2. The van der Waals surface area contributed by atoms with Crippen molar-refractivity contribution in [1.82, 2.24) is 0 Å². The van der Waals surface area contributed by atoms with E-state index in [4.69, 9.17) is 18.9 Å². The lowest BCUT2D eigenvalue weighted by molar-refractivity contribution is 0.102. The van der Waals surface area contributed by atoms with Crippen LogP contribution in [0.5, 0.6) is 40.2 Å². The fraction of sp³-hybridized carbons (Fsp3) is 0.135. The molecule has 0 radical (unpaired) electrons. The molecule has 0 N–H and O–H groups in total. The fourth-order valence-corrected chi connectivity index (χ4v) is 10.4. The van der Waals surface area contributed by atoms with Crippen LogP contribution in [0.15, 0.2) is 239 Å². The minimum atomic E-state index is -0.345. The van der Waals surface area contributed by atoms with E-state index in [2.05, 4.69) is 78.6 Å². The van der Waals surface area contributed by atoms with Gasteiger partial charge < -0.3 is 18.9 Å². The second-order valence-corrected chi connectivity index (χ2v) is 23.6. The number of halogens is 2. The molecule has 0 heterocycles. The number of methoxy groups -OCH3 is 1. The van der Waals surface area contributed by atoms with Crippen LogP contribution in [0.25, 0.3) is 0 Å². The first-order chi connectivity index (χ1) is 40.2. The highest BCUT2D eigenvalue weighted by molar-refractivity contribution is 9.11. The number of ketones is 4. The zero-order valence-electron chi connectivity index (χ0n) is 48.0. The molecule has 0 unspecified atom stereocenters. The molecule has 0 saturated heterocycles. The van der Waals surface area contributed by atoms with Gasteiger partial charge >= 0.3 is 0 Å². The van der Waals surface area contributed by atoms with Crippen molar-refractivity contribution < 1.29 is 38.1 Å². The molecule has 0 amide bonds. The zero-order chi connectivity index (χ0) is 59.7. The van der Waals surface area contributed by atoms with E-state index in [1.165, 1.54) is 11.1 Å². The molecule has 0 spiro atoms. The number of rotatable bonds is 17. The molecule has 0 bridgehead atoms. The molecule has 0 atom stereocenters. The average molecular weight is 1240 g/mol. The second-order valence-electron chi connectivity index (χ2n) is 21.9. The minimum absolute atomic E-state index is 0.00797. The molecule has 0 aromatic heterocycles. The van der Waals surface area contributed by atoms with Gasteiger partial charge in [-0.05, 0) is 207 Å². The van der Waals surface area contributed by atoms with Crippen LogP contribution in [0.1, 0.15) is 126 Å². The Balaban J connectivity index is 0.000000767.